The number of rotatable bonds is 9. The minimum absolute atomic E-state index is 0. The van der Waals surface area contributed by atoms with Gasteiger partial charge in [-0.05, 0) is 92.1 Å². The molecule has 6 heteroatoms. The summed E-state index contributed by atoms with van der Waals surface area (Å²) in [5, 5.41) is 7.43. The molecule has 0 spiro atoms. The molecule has 3 atom stereocenters. The van der Waals surface area contributed by atoms with Crippen LogP contribution < -0.4 is 4.74 Å². The number of ether oxygens (including phenoxy) is 1. The van der Waals surface area contributed by atoms with Gasteiger partial charge in [0.1, 0.15) is 5.82 Å². The number of nitrogens with zero attached hydrogens (tertiary/aromatic N) is 4. The predicted molar refractivity (Wildman–Crippen MR) is 206 cm³/mol. The zero-order chi connectivity index (χ0) is 35.3. The van der Waals surface area contributed by atoms with Crippen molar-refractivity contribution in [2.75, 3.05) is 0 Å². The molecule has 0 saturated heterocycles. The first kappa shape index (κ1) is 36.8. The number of benzene rings is 3. The van der Waals surface area contributed by atoms with Gasteiger partial charge < -0.3 is 9.30 Å². The molecule has 5 nitrogen and oxygen atoms in total. The maximum Gasteiger partial charge on any atom is 2.00 e. The maximum atomic E-state index is 6.66. The Balaban J connectivity index is 0.00000448. The monoisotopic (exact) mass is 857 g/mol. The molecular formula is C45H50N4OPt. The molecule has 1 unspecified atom stereocenters. The number of allylic oxidation sites excluding steroid dienone is 2. The van der Waals surface area contributed by atoms with E-state index < -0.39 is 0 Å². The van der Waals surface area contributed by atoms with Crippen molar-refractivity contribution in [3.05, 3.63) is 119 Å². The second-order valence-electron chi connectivity index (χ2n) is 15.1. The van der Waals surface area contributed by atoms with Gasteiger partial charge in [-0.15, -0.1) is 41.3 Å². The molecule has 1 aliphatic carbocycles. The Labute approximate surface area is 318 Å². The minimum Gasteiger partial charge on any atom is -0.509 e. The summed E-state index contributed by atoms with van der Waals surface area (Å²) < 4.78 is 10.9. The van der Waals surface area contributed by atoms with E-state index >= 15 is 0 Å². The van der Waals surface area contributed by atoms with Gasteiger partial charge in [0.25, 0.3) is 0 Å². The number of pyridine rings is 1. The Bertz CT molecular complexity index is 2220. The molecule has 3 aromatic heterocycles. The van der Waals surface area contributed by atoms with Crippen LogP contribution in [-0.2, 0) is 27.5 Å². The zero-order valence-electron chi connectivity index (χ0n) is 31.4. The third-order valence-corrected chi connectivity index (χ3v) is 10.8. The van der Waals surface area contributed by atoms with E-state index in [-0.39, 0.29) is 21.1 Å². The average Bonchev–Trinajstić information content (AvgIpc) is 3.57. The summed E-state index contributed by atoms with van der Waals surface area (Å²) >= 11 is 0. The maximum absolute atomic E-state index is 6.66. The van der Waals surface area contributed by atoms with Crippen molar-refractivity contribution in [3.63, 3.8) is 0 Å². The van der Waals surface area contributed by atoms with Crippen LogP contribution in [0.1, 0.15) is 101 Å². The molecule has 0 saturated carbocycles. The molecule has 0 radical (unpaired) electrons. The second kappa shape index (κ2) is 15.0. The zero-order valence-corrected chi connectivity index (χ0v) is 33.7. The van der Waals surface area contributed by atoms with Gasteiger partial charge in [0, 0.05) is 40.4 Å². The van der Waals surface area contributed by atoms with Crippen LogP contribution >= 0.6 is 0 Å². The SMILES string of the molecule is CCCc1ccnc(-n2c3[c-]c(Oc4[c-]c(-n5nc(C)c(C6C(C)=C[C@H](C(C)C)C[C@@H]6C)c5C)cc(C(C)C)c4)ccc3c3ccccc32)c1.[Pt+2]. The van der Waals surface area contributed by atoms with Gasteiger partial charge >= 0.3 is 21.1 Å². The van der Waals surface area contributed by atoms with Crippen LogP contribution in [0.25, 0.3) is 33.3 Å². The van der Waals surface area contributed by atoms with E-state index in [2.05, 4.69) is 144 Å². The molecule has 51 heavy (non-hydrogen) atoms. The first-order valence-electron chi connectivity index (χ1n) is 18.4. The molecular weight excluding hydrogens is 808 g/mol. The summed E-state index contributed by atoms with van der Waals surface area (Å²) in [5.74, 6) is 4.69. The summed E-state index contributed by atoms with van der Waals surface area (Å²) in [6.07, 6.45) is 7.74. The summed E-state index contributed by atoms with van der Waals surface area (Å²) in [4.78, 5) is 4.81. The molecule has 3 heterocycles. The van der Waals surface area contributed by atoms with Crippen molar-refractivity contribution < 1.29 is 25.8 Å². The molecule has 266 valence electrons. The Kier molecular flexibility index (Phi) is 10.8. The Morgan fingerprint density at radius 2 is 1.71 bits per heavy atom. The number of hydrogen-bond donors (Lipinski definition) is 0. The number of aromatic nitrogens is 4. The largest absolute Gasteiger partial charge is 2.00 e. The van der Waals surface area contributed by atoms with E-state index in [0.29, 0.717) is 41.1 Å². The van der Waals surface area contributed by atoms with E-state index in [1.54, 1.807) is 0 Å². The average molecular weight is 858 g/mol. The van der Waals surface area contributed by atoms with E-state index in [0.717, 1.165) is 46.5 Å². The van der Waals surface area contributed by atoms with Gasteiger partial charge in [-0.25, -0.2) is 4.98 Å². The Morgan fingerprint density at radius 1 is 0.922 bits per heavy atom. The van der Waals surface area contributed by atoms with Crippen molar-refractivity contribution >= 4 is 21.8 Å². The normalized spacial score (nSPS) is 17.7. The van der Waals surface area contributed by atoms with Crippen LogP contribution in [0.15, 0.2) is 78.5 Å². The third kappa shape index (κ3) is 6.99. The van der Waals surface area contributed by atoms with Gasteiger partial charge in [0.05, 0.1) is 5.69 Å². The number of para-hydroxylation sites is 1. The fourth-order valence-electron chi connectivity index (χ4n) is 8.21. The van der Waals surface area contributed by atoms with Crippen LogP contribution in [0.3, 0.4) is 0 Å². The molecule has 0 aliphatic heterocycles. The fraction of sp³-hybridized carbons (Fsp3) is 0.378. The number of aryl methyl sites for hydroxylation is 2. The van der Waals surface area contributed by atoms with Crippen LogP contribution in [0, 0.1) is 43.7 Å². The quantitative estimate of drug-likeness (QED) is 0.107. The van der Waals surface area contributed by atoms with Crippen molar-refractivity contribution in [2.24, 2.45) is 17.8 Å². The van der Waals surface area contributed by atoms with Crippen LogP contribution in [0.2, 0.25) is 0 Å². The molecule has 0 bridgehead atoms. The molecule has 0 N–H and O–H groups in total. The summed E-state index contributed by atoms with van der Waals surface area (Å²) in [6, 6.07) is 28.5. The summed E-state index contributed by atoms with van der Waals surface area (Å²) in [7, 11) is 0. The van der Waals surface area contributed by atoms with E-state index in [9.17, 15) is 0 Å². The van der Waals surface area contributed by atoms with E-state index in [1.165, 1.54) is 39.8 Å². The molecule has 0 amide bonds. The van der Waals surface area contributed by atoms with Crippen molar-refractivity contribution in [3.8, 4) is 23.0 Å². The van der Waals surface area contributed by atoms with Gasteiger partial charge in [0.15, 0.2) is 0 Å². The predicted octanol–water partition coefficient (Wildman–Crippen LogP) is 11.8. The van der Waals surface area contributed by atoms with Crippen LogP contribution in [-0.4, -0.2) is 19.3 Å². The number of fused-ring (bicyclic) bond motifs is 3. The second-order valence-corrected chi connectivity index (χ2v) is 15.1. The Morgan fingerprint density at radius 3 is 2.43 bits per heavy atom. The van der Waals surface area contributed by atoms with Gasteiger partial charge in [0.2, 0.25) is 0 Å². The summed E-state index contributed by atoms with van der Waals surface area (Å²) in [5.41, 5.74) is 10.5. The standard InChI is InChI=1S/C45H50N4O.Pt/c1-10-13-33-18-19-46-43(22-33)48-41-15-12-11-14-39(41)40-17-16-37(26-42(40)48)50-38-24-35(28(4)5)23-36(25-38)49-32(9)45(31(8)47-49)44-29(6)20-34(27(2)3)21-30(44)7;/h11-12,14-20,22-24,27-28,30,34,44H,10,13,21H2,1-9H3;/q-2;+2/t30-,34-,44?;/m0./s1. The topological polar surface area (TPSA) is 44.9 Å². The van der Waals surface area contributed by atoms with E-state index in [1.807, 2.05) is 12.3 Å². The van der Waals surface area contributed by atoms with Gasteiger partial charge in [-0.1, -0.05) is 83.3 Å². The van der Waals surface area contributed by atoms with E-state index in [4.69, 9.17) is 14.8 Å². The van der Waals surface area contributed by atoms with Gasteiger partial charge in [-0.2, -0.15) is 11.2 Å². The third-order valence-electron chi connectivity index (χ3n) is 10.8. The van der Waals surface area contributed by atoms with Crippen molar-refractivity contribution in [1.82, 2.24) is 19.3 Å². The molecule has 6 aromatic rings. The molecule has 0 fully saturated rings. The fourth-order valence-corrected chi connectivity index (χ4v) is 8.21. The first-order valence-corrected chi connectivity index (χ1v) is 18.4. The van der Waals surface area contributed by atoms with Crippen molar-refractivity contribution in [2.45, 2.75) is 93.4 Å². The first-order chi connectivity index (χ1) is 24.0. The summed E-state index contributed by atoms with van der Waals surface area (Å²) in [6.45, 7) is 20.4. The Hall–Kier alpha value is -3.95. The van der Waals surface area contributed by atoms with Gasteiger partial charge in [-0.3, -0.25) is 4.68 Å². The molecule has 1 aliphatic rings. The molecule has 7 rings (SSSR count). The van der Waals surface area contributed by atoms with Crippen LogP contribution in [0.5, 0.6) is 11.5 Å². The minimum atomic E-state index is 0. The smallest absolute Gasteiger partial charge is 0.509 e. The number of hydrogen-bond acceptors (Lipinski definition) is 3. The van der Waals surface area contributed by atoms with Crippen molar-refractivity contribution in [1.29, 1.82) is 0 Å². The van der Waals surface area contributed by atoms with Crippen LogP contribution in [0.4, 0.5) is 0 Å². The molecule has 3 aromatic carbocycles.